The van der Waals surface area contributed by atoms with Gasteiger partial charge in [0.1, 0.15) is 6.10 Å². The average molecular weight is 505 g/mol. The number of aryl methyl sites for hydroxylation is 1. The maximum Gasteiger partial charge on any atom is 0.257 e. The Labute approximate surface area is 210 Å². The molecule has 2 amide bonds. The van der Waals surface area contributed by atoms with Crippen molar-refractivity contribution >= 4 is 40.7 Å². The lowest BCUT2D eigenvalue weighted by Gasteiger charge is -2.41. The summed E-state index contributed by atoms with van der Waals surface area (Å²) in [5.74, 6) is -0.181. The average Bonchev–Trinajstić information content (AvgIpc) is 3.33. The first-order valence-electron chi connectivity index (χ1n) is 11.6. The number of nitrogens with one attached hydrogen (secondary N) is 1. The Morgan fingerprint density at radius 2 is 2.00 bits per heavy atom. The van der Waals surface area contributed by atoms with E-state index in [9.17, 15) is 9.59 Å². The molecule has 3 heterocycles. The summed E-state index contributed by atoms with van der Waals surface area (Å²) < 4.78 is 5.59. The molecule has 2 aromatic rings. The summed E-state index contributed by atoms with van der Waals surface area (Å²) in [5.41, 5.74) is 3.71. The molecule has 7 nitrogen and oxygen atoms in total. The molecule has 1 N–H and O–H groups in total. The largest absolute Gasteiger partial charge is 0.368 e. The minimum Gasteiger partial charge on any atom is -0.368 e. The van der Waals surface area contributed by atoms with Gasteiger partial charge in [-0.1, -0.05) is 23.2 Å². The number of anilines is 1. The van der Waals surface area contributed by atoms with Gasteiger partial charge in [-0.25, -0.2) is 0 Å². The molecule has 1 aromatic heterocycles. The first-order valence-corrected chi connectivity index (χ1v) is 12.4. The van der Waals surface area contributed by atoms with E-state index in [0.717, 1.165) is 37.1 Å². The lowest BCUT2D eigenvalue weighted by atomic mass is 10.0. The van der Waals surface area contributed by atoms with E-state index in [1.165, 1.54) is 6.20 Å². The summed E-state index contributed by atoms with van der Waals surface area (Å²) >= 11 is 12.5. The molecular formula is C25H30Cl2N4O3. The van der Waals surface area contributed by atoms with Crippen LogP contribution in [0.2, 0.25) is 10.0 Å². The standard InChI is InChI=1S/C25H30Cl2N4O3/c1-15-13-30(6-7-31(15)25(33)23-5-4-8-34-23)14-19-9-20(26)11-22(16(19)2)29-24(32)18-10-21(27)17(3)28-12-18/h9-12,15,23H,4-8,13-14H2,1-3H3,(H,29,32)/t15-,23+/m0/s1. The molecule has 0 spiro atoms. The van der Waals surface area contributed by atoms with E-state index in [0.29, 0.717) is 46.7 Å². The molecule has 0 aliphatic carbocycles. The summed E-state index contributed by atoms with van der Waals surface area (Å²) in [6.07, 6.45) is 2.99. The van der Waals surface area contributed by atoms with Crippen LogP contribution in [0.5, 0.6) is 0 Å². The number of ether oxygens (including phenoxy) is 1. The van der Waals surface area contributed by atoms with Crippen molar-refractivity contribution in [3.8, 4) is 0 Å². The van der Waals surface area contributed by atoms with Crippen LogP contribution in [0.25, 0.3) is 0 Å². The molecular weight excluding hydrogens is 475 g/mol. The number of hydrogen-bond donors (Lipinski definition) is 1. The zero-order chi connectivity index (χ0) is 24.4. The van der Waals surface area contributed by atoms with Gasteiger partial charge in [-0.3, -0.25) is 19.5 Å². The van der Waals surface area contributed by atoms with Crippen LogP contribution >= 0.6 is 23.2 Å². The van der Waals surface area contributed by atoms with Gasteiger partial charge in [0.2, 0.25) is 0 Å². The number of halogens is 2. The highest BCUT2D eigenvalue weighted by Gasteiger charge is 2.34. The van der Waals surface area contributed by atoms with Crippen molar-refractivity contribution in [1.29, 1.82) is 0 Å². The van der Waals surface area contributed by atoms with Gasteiger partial charge >= 0.3 is 0 Å². The summed E-state index contributed by atoms with van der Waals surface area (Å²) in [6, 6.07) is 5.40. The summed E-state index contributed by atoms with van der Waals surface area (Å²) in [7, 11) is 0. The molecule has 0 bridgehead atoms. The molecule has 2 atom stereocenters. The van der Waals surface area contributed by atoms with Gasteiger partial charge in [-0.15, -0.1) is 0 Å². The second-order valence-electron chi connectivity index (χ2n) is 9.10. The van der Waals surface area contributed by atoms with Crippen LogP contribution in [0.1, 0.15) is 46.9 Å². The smallest absolute Gasteiger partial charge is 0.257 e. The van der Waals surface area contributed by atoms with Crippen LogP contribution in [0.3, 0.4) is 0 Å². The third kappa shape index (κ3) is 5.54. The highest BCUT2D eigenvalue weighted by molar-refractivity contribution is 6.32. The van der Waals surface area contributed by atoms with E-state index in [4.69, 9.17) is 27.9 Å². The number of pyridine rings is 1. The molecule has 0 radical (unpaired) electrons. The fourth-order valence-electron chi connectivity index (χ4n) is 4.56. The van der Waals surface area contributed by atoms with Crippen molar-refractivity contribution < 1.29 is 14.3 Å². The van der Waals surface area contributed by atoms with Crippen LogP contribution in [0.4, 0.5) is 5.69 Å². The third-order valence-corrected chi connectivity index (χ3v) is 7.21. The van der Waals surface area contributed by atoms with Gasteiger partial charge in [0.05, 0.1) is 16.3 Å². The zero-order valence-electron chi connectivity index (χ0n) is 19.7. The number of rotatable bonds is 5. The molecule has 2 aliphatic heterocycles. The van der Waals surface area contributed by atoms with Crippen LogP contribution in [0, 0.1) is 13.8 Å². The Morgan fingerprint density at radius 3 is 2.68 bits per heavy atom. The monoisotopic (exact) mass is 504 g/mol. The second kappa shape index (κ2) is 10.6. The van der Waals surface area contributed by atoms with E-state index in [-0.39, 0.29) is 24.0 Å². The number of carbonyl (C=O) groups is 2. The summed E-state index contributed by atoms with van der Waals surface area (Å²) in [4.78, 5) is 34.0. The fourth-order valence-corrected chi connectivity index (χ4v) is 4.96. The predicted octanol–water partition coefficient (Wildman–Crippen LogP) is 4.47. The Morgan fingerprint density at radius 1 is 1.21 bits per heavy atom. The van der Waals surface area contributed by atoms with Gasteiger partial charge < -0.3 is 15.0 Å². The number of hydrogen-bond acceptors (Lipinski definition) is 5. The SMILES string of the molecule is Cc1ncc(C(=O)Nc2cc(Cl)cc(CN3CCN(C(=O)[C@H]4CCCO4)[C@@H](C)C3)c2C)cc1Cl. The van der Waals surface area contributed by atoms with E-state index < -0.39 is 0 Å². The molecule has 1 aromatic carbocycles. The lowest BCUT2D eigenvalue weighted by Crippen LogP contribution is -2.55. The molecule has 34 heavy (non-hydrogen) atoms. The maximum absolute atomic E-state index is 12.8. The van der Waals surface area contributed by atoms with Crippen molar-refractivity contribution in [1.82, 2.24) is 14.8 Å². The lowest BCUT2D eigenvalue weighted by molar-refractivity contribution is -0.145. The second-order valence-corrected chi connectivity index (χ2v) is 9.94. The normalized spacial score (nSPS) is 21.0. The molecule has 2 saturated heterocycles. The van der Waals surface area contributed by atoms with Gasteiger partial charge in [0, 0.05) is 55.7 Å². The minimum atomic E-state index is -0.291. The molecule has 0 saturated carbocycles. The van der Waals surface area contributed by atoms with Crippen molar-refractivity contribution in [2.24, 2.45) is 0 Å². The van der Waals surface area contributed by atoms with E-state index >= 15 is 0 Å². The van der Waals surface area contributed by atoms with Gasteiger partial charge in [-0.05, 0) is 62.9 Å². The van der Waals surface area contributed by atoms with Crippen LogP contribution in [0.15, 0.2) is 24.4 Å². The van der Waals surface area contributed by atoms with Crippen LogP contribution < -0.4 is 5.32 Å². The number of nitrogens with zero attached hydrogens (tertiary/aromatic N) is 3. The Hall–Kier alpha value is -2.19. The highest BCUT2D eigenvalue weighted by Crippen LogP contribution is 2.28. The van der Waals surface area contributed by atoms with Crippen molar-refractivity contribution in [2.75, 3.05) is 31.6 Å². The number of benzene rings is 1. The molecule has 4 rings (SSSR count). The fraction of sp³-hybridized carbons (Fsp3) is 0.480. The molecule has 182 valence electrons. The van der Waals surface area contributed by atoms with Gasteiger partial charge in [-0.2, -0.15) is 0 Å². The predicted molar refractivity (Wildman–Crippen MR) is 134 cm³/mol. The Balaban J connectivity index is 1.43. The summed E-state index contributed by atoms with van der Waals surface area (Å²) in [6.45, 7) is 9.40. The molecule has 2 fully saturated rings. The number of piperazine rings is 1. The maximum atomic E-state index is 12.8. The van der Waals surface area contributed by atoms with E-state index in [1.807, 2.05) is 17.9 Å². The summed E-state index contributed by atoms with van der Waals surface area (Å²) in [5, 5.41) is 3.95. The van der Waals surface area contributed by atoms with Crippen LogP contribution in [-0.2, 0) is 16.1 Å². The number of carbonyl (C=O) groups excluding carboxylic acids is 2. The van der Waals surface area contributed by atoms with Crippen molar-refractivity contribution in [3.63, 3.8) is 0 Å². The first-order chi connectivity index (χ1) is 16.2. The Kier molecular flexibility index (Phi) is 7.77. The quantitative estimate of drug-likeness (QED) is 0.649. The van der Waals surface area contributed by atoms with Crippen LogP contribution in [-0.4, -0.2) is 65.0 Å². The van der Waals surface area contributed by atoms with E-state index in [1.54, 1.807) is 19.1 Å². The third-order valence-electron chi connectivity index (χ3n) is 6.61. The molecule has 0 unspecified atom stereocenters. The minimum absolute atomic E-state index is 0.0999. The number of aromatic nitrogens is 1. The van der Waals surface area contributed by atoms with Crippen molar-refractivity contribution in [3.05, 3.63) is 56.8 Å². The van der Waals surface area contributed by atoms with Gasteiger partial charge in [0.25, 0.3) is 11.8 Å². The van der Waals surface area contributed by atoms with Gasteiger partial charge in [0.15, 0.2) is 0 Å². The van der Waals surface area contributed by atoms with E-state index in [2.05, 4.69) is 22.1 Å². The molecule has 9 heteroatoms. The Bertz CT molecular complexity index is 1090. The highest BCUT2D eigenvalue weighted by atomic mass is 35.5. The first kappa shape index (κ1) is 24.9. The molecule has 2 aliphatic rings. The van der Waals surface area contributed by atoms with Crippen molar-refractivity contribution in [2.45, 2.75) is 52.3 Å². The number of amides is 2. The zero-order valence-corrected chi connectivity index (χ0v) is 21.2. The topological polar surface area (TPSA) is 74.8 Å².